The van der Waals surface area contributed by atoms with Crippen molar-refractivity contribution in [2.24, 2.45) is 10.9 Å². The van der Waals surface area contributed by atoms with E-state index < -0.39 is 4.92 Å². The first-order valence-electron chi connectivity index (χ1n) is 11.7. The van der Waals surface area contributed by atoms with Crippen LogP contribution in [-0.4, -0.2) is 46.2 Å². The standard InChI is InChI=1S/C25H23N5O7/c1-35-22-7-6-17-23(29-22)20(8-9-26-17)37-25(32)15-2-4-16(5-3-15)27-12-14-10-18-24(19(11-14)30(33)34)36-13-21(31)28-18/h6-11,15H,2-5,12-13H2,1H3,(H,28,31). The molecule has 5 rings (SSSR count). The number of ether oxygens (including phenoxy) is 3. The summed E-state index contributed by atoms with van der Waals surface area (Å²) in [4.78, 5) is 48.6. The van der Waals surface area contributed by atoms with E-state index in [0.29, 0.717) is 53.9 Å². The first-order chi connectivity index (χ1) is 17.9. The van der Waals surface area contributed by atoms with Crippen LogP contribution in [0.5, 0.6) is 17.4 Å². The molecule has 1 amide bonds. The number of aromatic nitrogens is 2. The largest absolute Gasteiger partial charge is 0.481 e. The normalized spacial score (nSPS) is 16.8. The fourth-order valence-corrected chi connectivity index (χ4v) is 4.39. The summed E-state index contributed by atoms with van der Waals surface area (Å²) in [7, 11) is 1.51. The van der Waals surface area contributed by atoms with Gasteiger partial charge in [0.25, 0.3) is 5.91 Å². The highest BCUT2D eigenvalue weighted by Crippen LogP contribution is 2.38. The van der Waals surface area contributed by atoms with Crippen molar-refractivity contribution in [3.63, 3.8) is 0 Å². The lowest BCUT2D eigenvalue weighted by molar-refractivity contribution is -0.385. The predicted octanol–water partition coefficient (Wildman–Crippen LogP) is 3.61. The summed E-state index contributed by atoms with van der Waals surface area (Å²) in [6.07, 6.45) is 3.93. The molecule has 0 saturated heterocycles. The first-order valence-corrected chi connectivity index (χ1v) is 11.7. The number of methoxy groups -OCH3 is 1. The molecule has 1 aliphatic carbocycles. The van der Waals surface area contributed by atoms with Gasteiger partial charge in [-0.1, -0.05) is 0 Å². The Kier molecular flexibility index (Phi) is 6.62. The van der Waals surface area contributed by atoms with Gasteiger partial charge in [-0.05, 0) is 43.4 Å². The number of benzene rings is 1. The molecule has 12 heteroatoms. The monoisotopic (exact) mass is 505 g/mol. The number of nitrogens with zero attached hydrogens (tertiary/aromatic N) is 4. The summed E-state index contributed by atoms with van der Waals surface area (Å²) in [5.41, 5.74) is 2.60. The van der Waals surface area contributed by atoms with Gasteiger partial charge in [0.05, 0.1) is 35.7 Å². The molecule has 1 aromatic carbocycles. The Hall–Kier alpha value is -4.61. The first kappa shape index (κ1) is 24.1. The summed E-state index contributed by atoms with van der Waals surface area (Å²) < 4.78 is 16.1. The number of carbonyl (C=O) groups is 2. The van der Waals surface area contributed by atoms with E-state index in [9.17, 15) is 19.7 Å². The SMILES string of the molecule is COc1ccc2nccc(OC(=O)C3CCC(=NCc4cc5c(c([N+](=O)[O-])c4)OCC(=O)N5)CC3)c2n1. The minimum atomic E-state index is -0.540. The maximum absolute atomic E-state index is 12.9. The van der Waals surface area contributed by atoms with Crippen molar-refractivity contribution in [2.45, 2.75) is 32.2 Å². The van der Waals surface area contributed by atoms with E-state index in [1.54, 1.807) is 30.5 Å². The van der Waals surface area contributed by atoms with Crippen molar-refractivity contribution in [2.75, 3.05) is 19.0 Å². The lowest BCUT2D eigenvalue weighted by atomic mass is 9.88. The minimum absolute atomic E-state index is 0.0515. The molecule has 0 atom stereocenters. The third-order valence-corrected chi connectivity index (χ3v) is 6.27. The molecule has 3 aromatic rings. The molecular weight excluding hydrogens is 482 g/mol. The molecule has 0 spiro atoms. The molecule has 12 nitrogen and oxygen atoms in total. The Bertz CT molecular complexity index is 1430. The number of carbonyl (C=O) groups excluding carboxylic acids is 2. The van der Waals surface area contributed by atoms with Crippen molar-refractivity contribution >= 4 is 40.0 Å². The van der Waals surface area contributed by atoms with Crippen LogP contribution in [0.4, 0.5) is 11.4 Å². The third-order valence-electron chi connectivity index (χ3n) is 6.27. The molecule has 2 aliphatic rings. The van der Waals surface area contributed by atoms with Crippen LogP contribution in [0, 0.1) is 16.0 Å². The van der Waals surface area contributed by atoms with Crippen LogP contribution >= 0.6 is 0 Å². The highest BCUT2D eigenvalue weighted by Gasteiger charge is 2.28. The highest BCUT2D eigenvalue weighted by atomic mass is 16.6. The van der Waals surface area contributed by atoms with E-state index in [-0.39, 0.29) is 48.1 Å². The number of amides is 1. The average molecular weight is 505 g/mol. The van der Waals surface area contributed by atoms with Crippen LogP contribution in [0.3, 0.4) is 0 Å². The molecule has 1 N–H and O–H groups in total. The summed E-state index contributed by atoms with van der Waals surface area (Å²) >= 11 is 0. The number of hydrogen-bond acceptors (Lipinski definition) is 10. The fraction of sp³-hybridized carbons (Fsp3) is 0.320. The molecule has 1 saturated carbocycles. The molecule has 0 bridgehead atoms. The Labute approximate surface area is 210 Å². The van der Waals surface area contributed by atoms with E-state index in [1.165, 1.54) is 13.2 Å². The van der Waals surface area contributed by atoms with Crippen LogP contribution in [0.2, 0.25) is 0 Å². The molecular formula is C25H23N5O7. The molecule has 37 heavy (non-hydrogen) atoms. The van der Waals surface area contributed by atoms with Gasteiger partial charge in [-0.25, -0.2) is 4.98 Å². The van der Waals surface area contributed by atoms with Gasteiger partial charge in [0.15, 0.2) is 12.4 Å². The quantitative estimate of drug-likeness (QED) is 0.300. The van der Waals surface area contributed by atoms with E-state index in [4.69, 9.17) is 14.2 Å². The van der Waals surface area contributed by atoms with Crippen LogP contribution < -0.4 is 19.5 Å². The number of anilines is 1. The van der Waals surface area contributed by atoms with Gasteiger partial charge in [0.1, 0.15) is 5.52 Å². The number of aliphatic imine (C=N–C) groups is 1. The van der Waals surface area contributed by atoms with E-state index >= 15 is 0 Å². The Morgan fingerprint density at radius 2 is 2.08 bits per heavy atom. The number of pyridine rings is 2. The second-order valence-electron chi connectivity index (χ2n) is 8.69. The number of nitrogens with one attached hydrogen (secondary N) is 1. The zero-order valence-electron chi connectivity index (χ0n) is 19.9. The molecule has 190 valence electrons. The lowest BCUT2D eigenvalue weighted by Crippen LogP contribution is -2.26. The molecule has 0 radical (unpaired) electrons. The number of esters is 1. The van der Waals surface area contributed by atoms with Crippen molar-refractivity contribution in [1.29, 1.82) is 0 Å². The van der Waals surface area contributed by atoms with Gasteiger partial charge < -0.3 is 19.5 Å². The zero-order chi connectivity index (χ0) is 25.9. The molecule has 3 heterocycles. The molecule has 1 fully saturated rings. The van der Waals surface area contributed by atoms with Crippen molar-refractivity contribution in [1.82, 2.24) is 9.97 Å². The number of rotatable bonds is 6. The highest BCUT2D eigenvalue weighted by molar-refractivity contribution is 5.96. The Morgan fingerprint density at radius 1 is 1.27 bits per heavy atom. The van der Waals surface area contributed by atoms with E-state index in [0.717, 1.165) is 5.71 Å². The van der Waals surface area contributed by atoms with Gasteiger partial charge in [-0.15, -0.1) is 0 Å². The van der Waals surface area contributed by atoms with Crippen LogP contribution in [-0.2, 0) is 16.1 Å². The number of nitro benzene ring substituents is 1. The maximum atomic E-state index is 12.9. The molecule has 0 unspecified atom stereocenters. The smallest absolute Gasteiger partial charge is 0.314 e. The zero-order valence-corrected chi connectivity index (χ0v) is 19.9. The fourth-order valence-electron chi connectivity index (χ4n) is 4.39. The van der Waals surface area contributed by atoms with Gasteiger partial charge in [0.2, 0.25) is 11.6 Å². The van der Waals surface area contributed by atoms with Crippen molar-refractivity contribution in [3.05, 3.63) is 52.2 Å². The molecule has 1 aliphatic heterocycles. The summed E-state index contributed by atoms with van der Waals surface area (Å²) in [5.74, 6) is -0.211. The Balaban J connectivity index is 1.23. The van der Waals surface area contributed by atoms with Crippen molar-refractivity contribution in [3.8, 4) is 17.4 Å². The van der Waals surface area contributed by atoms with E-state index in [1.807, 2.05) is 0 Å². The second-order valence-corrected chi connectivity index (χ2v) is 8.69. The summed E-state index contributed by atoms with van der Waals surface area (Å²) in [6.45, 7) is -0.0495. The van der Waals surface area contributed by atoms with Gasteiger partial charge in [-0.2, -0.15) is 0 Å². The third kappa shape index (κ3) is 5.17. The van der Waals surface area contributed by atoms with E-state index in [2.05, 4.69) is 20.3 Å². The Morgan fingerprint density at radius 3 is 2.84 bits per heavy atom. The van der Waals surface area contributed by atoms with Gasteiger partial charge in [0, 0.05) is 30.1 Å². The average Bonchev–Trinajstić information content (AvgIpc) is 2.91. The summed E-state index contributed by atoms with van der Waals surface area (Å²) in [5, 5.41) is 14.1. The maximum Gasteiger partial charge on any atom is 0.314 e. The minimum Gasteiger partial charge on any atom is -0.481 e. The molecule has 2 aromatic heterocycles. The van der Waals surface area contributed by atoms with Gasteiger partial charge >= 0.3 is 11.7 Å². The van der Waals surface area contributed by atoms with Crippen molar-refractivity contribution < 1.29 is 28.7 Å². The topological polar surface area (TPSA) is 155 Å². The number of fused-ring (bicyclic) bond motifs is 2. The van der Waals surface area contributed by atoms with Crippen LogP contribution in [0.1, 0.15) is 31.2 Å². The number of hydrogen-bond donors (Lipinski definition) is 1. The van der Waals surface area contributed by atoms with Crippen LogP contribution in [0.15, 0.2) is 41.5 Å². The predicted molar refractivity (Wildman–Crippen MR) is 132 cm³/mol. The van der Waals surface area contributed by atoms with Crippen LogP contribution in [0.25, 0.3) is 11.0 Å². The second kappa shape index (κ2) is 10.2. The lowest BCUT2D eigenvalue weighted by Gasteiger charge is -2.22. The number of nitro groups is 1. The van der Waals surface area contributed by atoms with Gasteiger partial charge in [-0.3, -0.25) is 29.7 Å². The summed E-state index contributed by atoms with van der Waals surface area (Å²) in [6, 6.07) is 8.09.